The quantitative estimate of drug-likeness (QED) is 0.893. The van der Waals surface area contributed by atoms with Gasteiger partial charge in [-0.1, -0.05) is 18.2 Å². The molecular formula is C16H16F3NO3. The third-order valence-corrected chi connectivity index (χ3v) is 4.77. The molecule has 7 heteroatoms. The molecule has 1 amide bonds. The minimum atomic E-state index is -4.46. The molecule has 0 radical (unpaired) electrons. The predicted molar refractivity (Wildman–Crippen MR) is 74.7 cm³/mol. The average Bonchev–Trinajstić information content (AvgIpc) is 3.21. The van der Waals surface area contributed by atoms with Gasteiger partial charge in [-0.2, -0.15) is 13.2 Å². The topological polar surface area (TPSA) is 66.4 Å². The van der Waals surface area contributed by atoms with Crippen molar-refractivity contribution in [2.75, 3.05) is 0 Å². The first-order valence-electron chi connectivity index (χ1n) is 7.46. The minimum absolute atomic E-state index is 0.109. The number of aliphatic carboxylic acids is 1. The number of carboxylic acids is 1. The zero-order chi connectivity index (χ0) is 16.8. The zero-order valence-electron chi connectivity index (χ0n) is 12.2. The lowest BCUT2D eigenvalue weighted by Crippen LogP contribution is -2.59. The summed E-state index contributed by atoms with van der Waals surface area (Å²) in [5, 5.41) is 11.7. The second-order valence-corrected chi connectivity index (χ2v) is 6.26. The molecule has 2 aliphatic carbocycles. The van der Waals surface area contributed by atoms with E-state index >= 15 is 0 Å². The molecule has 2 atom stereocenters. The van der Waals surface area contributed by atoms with E-state index in [9.17, 15) is 27.9 Å². The van der Waals surface area contributed by atoms with Crippen LogP contribution in [0.2, 0.25) is 0 Å². The number of benzene rings is 1. The molecule has 2 aliphatic rings. The Labute approximate surface area is 130 Å². The van der Waals surface area contributed by atoms with Crippen molar-refractivity contribution < 1.29 is 27.9 Å². The fourth-order valence-electron chi connectivity index (χ4n) is 3.16. The third kappa shape index (κ3) is 2.80. The molecule has 0 aromatic heterocycles. The van der Waals surface area contributed by atoms with Gasteiger partial charge >= 0.3 is 12.1 Å². The SMILES string of the molecule is O=C(NC1(C(=O)O)CCC1)[C@H]1C[C@H]1c1ccccc1C(F)(F)F. The number of rotatable bonds is 4. The van der Waals surface area contributed by atoms with E-state index in [2.05, 4.69) is 5.32 Å². The van der Waals surface area contributed by atoms with E-state index < -0.39 is 41.0 Å². The Morgan fingerprint density at radius 1 is 1.22 bits per heavy atom. The molecule has 0 bridgehead atoms. The van der Waals surface area contributed by atoms with E-state index in [0.29, 0.717) is 19.3 Å². The van der Waals surface area contributed by atoms with Crippen LogP contribution in [0.25, 0.3) is 0 Å². The Morgan fingerprint density at radius 2 is 1.87 bits per heavy atom. The minimum Gasteiger partial charge on any atom is -0.480 e. The Morgan fingerprint density at radius 3 is 2.39 bits per heavy atom. The van der Waals surface area contributed by atoms with Crippen molar-refractivity contribution >= 4 is 11.9 Å². The molecule has 23 heavy (non-hydrogen) atoms. The number of hydrogen-bond acceptors (Lipinski definition) is 2. The van der Waals surface area contributed by atoms with Crippen LogP contribution in [0.15, 0.2) is 24.3 Å². The van der Waals surface area contributed by atoms with Crippen molar-refractivity contribution in [3.8, 4) is 0 Å². The summed E-state index contributed by atoms with van der Waals surface area (Å²) in [5.41, 5.74) is -1.84. The van der Waals surface area contributed by atoms with Crippen LogP contribution in [0.5, 0.6) is 0 Å². The first-order valence-corrected chi connectivity index (χ1v) is 7.46. The molecular weight excluding hydrogens is 311 g/mol. The van der Waals surface area contributed by atoms with Crippen LogP contribution in [0.4, 0.5) is 13.2 Å². The predicted octanol–water partition coefficient (Wildman–Crippen LogP) is 2.93. The fraction of sp³-hybridized carbons (Fsp3) is 0.500. The molecule has 2 fully saturated rings. The first kappa shape index (κ1) is 15.8. The van der Waals surface area contributed by atoms with E-state index in [-0.39, 0.29) is 5.56 Å². The molecule has 3 rings (SSSR count). The molecule has 0 aliphatic heterocycles. The molecule has 0 unspecified atom stereocenters. The molecule has 1 aromatic carbocycles. The normalized spacial score (nSPS) is 25.3. The number of carbonyl (C=O) groups is 2. The number of alkyl halides is 3. The molecule has 0 saturated heterocycles. The smallest absolute Gasteiger partial charge is 0.416 e. The van der Waals surface area contributed by atoms with Crippen molar-refractivity contribution in [2.24, 2.45) is 5.92 Å². The zero-order valence-corrected chi connectivity index (χ0v) is 12.2. The van der Waals surface area contributed by atoms with Crippen LogP contribution in [0.3, 0.4) is 0 Å². The standard InChI is InChI=1S/C16H16F3NO3/c17-16(18,19)12-5-2-1-4-9(12)10-8-11(10)13(21)20-15(14(22)23)6-3-7-15/h1-2,4-5,10-11H,3,6-8H2,(H,20,21)(H,22,23)/t10-,11-/m0/s1. The molecule has 0 heterocycles. The highest BCUT2D eigenvalue weighted by Gasteiger charge is 2.52. The van der Waals surface area contributed by atoms with Gasteiger partial charge in [0.1, 0.15) is 5.54 Å². The summed E-state index contributed by atoms with van der Waals surface area (Å²) in [6.07, 6.45) is -2.70. The Hall–Kier alpha value is -2.05. The van der Waals surface area contributed by atoms with Crippen LogP contribution in [-0.4, -0.2) is 22.5 Å². The van der Waals surface area contributed by atoms with E-state index in [1.807, 2.05) is 0 Å². The number of halogens is 3. The van der Waals surface area contributed by atoms with Gasteiger partial charge in [-0.15, -0.1) is 0 Å². The Balaban J connectivity index is 1.73. The second-order valence-electron chi connectivity index (χ2n) is 6.26. The fourth-order valence-corrected chi connectivity index (χ4v) is 3.16. The van der Waals surface area contributed by atoms with Gasteiger partial charge in [-0.05, 0) is 43.2 Å². The maximum Gasteiger partial charge on any atom is 0.416 e. The van der Waals surface area contributed by atoms with Gasteiger partial charge in [0, 0.05) is 5.92 Å². The van der Waals surface area contributed by atoms with Gasteiger partial charge < -0.3 is 10.4 Å². The van der Waals surface area contributed by atoms with Crippen molar-refractivity contribution in [2.45, 2.75) is 43.3 Å². The average molecular weight is 327 g/mol. The highest BCUT2D eigenvalue weighted by atomic mass is 19.4. The summed E-state index contributed by atoms with van der Waals surface area (Å²) in [5.74, 6) is -2.63. The monoisotopic (exact) mass is 327 g/mol. The largest absolute Gasteiger partial charge is 0.480 e. The lowest BCUT2D eigenvalue weighted by molar-refractivity contribution is -0.152. The van der Waals surface area contributed by atoms with Crippen LogP contribution >= 0.6 is 0 Å². The maximum absolute atomic E-state index is 13.0. The summed E-state index contributed by atoms with van der Waals surface area (Å²) in [4.78, 5) is 23.5. The van der Waals surface area contributed by atoms with Crippen molar-refractivity contribution in [3.63, 3.8) is 0 Å². The lowest BCUT2D eigenvalue weighted by Gasteiger charge is -2.38. The van der Waals surface area contributed by atoms with E-state index in [1.165, 1.54) is 18.2 Å². The number of carbonyl (C=O) groups excluding carboxylic acids is 1. The van der Waals surface area contributed by atoms with Gasteiger partial charge in [0.25, 0.3) is 0 Å². The number of nitrogens with one attached hydrogen (secondary N) is 1. The Kier molecular flexibility index (Phi) is 3.61. The molecule has 2 N–H and O–H groups in total. The highest BCUT2D eigenvalue weighted by molar-refractivity contribution is 5.90. The molecule has 1 aromatic rings. The van der Waals surface area contributed by atoms with Gasteiger partial charge in [-0.25, -0.2) is 4.79 Å². The number of carboxylic acid groups (broad SMARTS) is 1. The van der Waals surface area contributed by atoms with Crippen molar-refractivity contribution in [1.29, 1.82) is 0 Å². The third-order valence-electron chi connectivity index (χ3n) is 4.77. The first-order chi connectivity index (χ1) is 10.7. The van der Waals surface area contributed by atoms with Gasteiger partial charge in [0.2, 0.25) is 5.91 Å². The number of hydrogen-bond donors (Lipinski definition) is 2. The van der Waals surface area contributed by atoms with E-state index in [4.69, 9.17) is 0 Å². The summed E-state index contributed by atoms with van der Waals surface area (Å²) in [6, 6.07) is 5.23. The van der Waals surface area contributed by atoms with E-state index in [1.54, 1.807) is 0 Å². The van der Waals surface area contributed by atoms with Gasteiger partial charge in [0.05, 0.1) is 5.56 Å². The van der Waals surface area contributed by atoms with Gasteiger partial charge in [0.15, 0.2) is 0 Å². The van der Waals surface area contributed by atoms with Gasteiger partial charge in [-0.3, -0.25) is 4.79 Å². The van der Waals surface area contributed by atoms with Crippen LogP contribution in [0.1, 0.15) is 42.7 Å². The maximum atomic E-state index is 13.0. The molecule has 4 nitrogen and oxygen atoms in total. The molecule has 124 valence electrons. The Bertz CT molecular complexity index is 652. The highest BCUT2D eigenvalue weighted by Crippen LogP contribution is 2.51. The van der Waals surface area contributed by atoms with Crippen LogP contribution in [-0.2, 0) is 15.8 Å². The van der Waals surface area contributed by atoms with Crippen LogP contribution in [0, 0.1) is 5.92 Å². The summed E-state index contributed by atoms with van der Waals surface area (Å²) >= 11 is 0. The summed E-state index contributed by atoms with van der Waals surface area (Å²) < 4.78 is 39.1. The molecule has 2 saturated carbocycles. The summed E-state index contributed by atoms with van der Waals surface area (Å²) in [6.45, 7) is 0. The van der Waals surface area contributed by atoms with Crippen molar-refractivity contribution in [1.82, 2.24) is 5.32 Å². The lowest BCUT2D eigenvalue weighted by atomic mass is 9.76. The second kappa shape index (κ2) is 5.25. The number of amides is 1. The van der Waals surface area contributed by atoms with Crippen LogP contribution < -0.4 is 5.32 Å². The van der Waals surface area contributed by atoms with Crippen molar-refractivity contribution in [3.05, 3.63) is 35.4 Å². The van der Waals surface area contributed by atoms with E-state index in [0.717, 1.165) is 12.5 Å². The molecule has 0 spiro atoms. The summed E-state index contributed by atoms with van der Waals surface area (Å²) in [7, 11) is 0.